The molecule has 4 aromatic rings. The zero-order valence-electron chi connectivity index (χ0n) is 38.3. The van der Waals surface area contributed by atoms with E-state index < -0.39 is 82.8 Å². The number of amides is 4. The number of hydrogen-bond donors (Lipinski definition) is 7. The van der Waals surface area contributed by atoms with Crippen molar-refractivity contribution >= 4 is 87.3 Å². The van der Waals surface area contributed by atoms with Crippen molar-refractivity contribution in [2.24, 2.45) is 23.3 Å². The second-order valence-electron chi connectivity index (χ2n) is 17.3. The fraction of sp³-hybridized carbons (Fsp3) is 0.455. The van der Waals surface area contributed by atoms with Crippen molar-refractivity contribution in [3.63, 3.8) is 0 Å². The van der Waals surface area contributed by atoms with Crippen LogP contribution in [0.4, 0.5) is 64.0 Å². The lowest BCUT2D eigenvalue weighted by Gasteiger charge is -2.46. The summed E-state index contributed by atoms with van der Waals surface area (Å²) in [4.78, 5) is 69.4. The van der Waals surface area contributed by atoms with E-state index in [4.69, 9.17) is 57.7 Å². The molecule has 6 atom stereocenters. The van der Waals surface area contributed by atoms with Gasteiger partial charge in [0, 0.05) is 54.1 Å². The van der Waals surface area contributed by atoms with Gasteiger partial charge >= 0.3 is 12.4 Å². The number of hydrogen-bond acceptors (Lipinski definition) is 14. The molecule has 11 N–H and O–H groups in total. The molecule has 2 unspecified atom stereocenters. The van der Waals surface area contributed by atoms with Crippen LogP contribution in [0.2, 0.25) is 15.2 Å². The number of nitrogens with zero attached hydrogens (tertiary/aromatic N) is 7. The molecule has 2 aromatic carbocycles. The fourth-order valence-corrected chi connectivity index (χ4v) is 9.64. The number of benzene rings is 2. The minimum absolute atomic E-state index is 0.0466. The van der Waals surface area contributed by atoms with Gasteiger partial charge in [-0.25, -0.2) is 19.9 Å². The molecule has 29 heteroatoms. The summed E-state index contributed by atoms with van der Waals surface area (Å²) in [5, 5.41) is 8.46. The van der Waals surface area contributed by atoms with Crippen LogP contribution in [-0.2, 0) is 31.5 Å². The largest absolute Gasteiger partial charge is 0.416 e. The molecule has 4 aliphatic heterocycles. The average Bonchev–Trinajstić information content (AvgIpc) is 3.32. The summed E-state index contributed by atoms with van der Waals surface area (Å²) in [6, 6.07) is 3.53. The summed E-state index contributed by atoms with van der Waals surface area (Å²) >= 11 is 16.9. The zero-order valence-corrected chi connectivity index (χ0v) is 40.6. The predicted octanol–water partition coefficient (Wildman–Crippen LogP) is 5.73. The summed E-state index contributed by atoms with van der Waals surface area (Å²) < 4.78 is 106. The first kappa shape index (κ1) is 56.1. The van der Waals surface area contributed by atoms with E-state index in [0.717, 1.165) is 36.9 Å². The Kier molecular flexibility index (Phi) is 18.2. The minimum Gasteiger partial charge on any atom is -0.381 e. The SMILES string of the molecule is NC(=O)[C@H]1CCN(c2ncnc(N)c2F)C[C@@H]1N1CCCC(Nc2cc(Cl)cc(C(F)(F)F)c2)C1=O.NC(=O)[C@H]1CCNC[C@@H]1N1CCCC(Nc2cc(Cl)cc(C(F)(F)F)c2)C1=O.Nc1ncnc(Cl)c1F. The number of alkyl halides is 6. The third-order valence-electron chi connectivity index (χ3n) is 12.5. The van der Waals surface area contributed by atoms with Gasteiger partial charge in [0.05, 0.1) is 35.0 Å². The Balaban J connectivity index is 0.000000207. The predicted molar refractivity (Wildman–Crippen MR) is 255 cm³/mol. The number of nitrogens with one attached hydrogen (secondary N) is 3. The number of aromatic nitrogens is 4. The highest BCUT2D eigenvalue weighted by molar-refractivity contribution is 6.31. The molecule has 0 aliphatic carbocycles. The molecule has 4 amide bonds. The number of piperidine rings is 4. The van der Waals surface area contributed by atoms with E-state index in [2.05, 4.69) is 35.9 Å². The lowest BCUT2D eigenvalue weighted by Crippen LogP contribution is -2.61. The van der Waals surface area contributed by atoms with Crippen molar-refractivity contribution in [1.29, 1.82) is 0 Å². The lowest BCUT2D eigenvalue weighted by molar-refractivity contribution is -0.141. The molecule has 0 bridgehead atoms. The Hall–Kier alpha value is -6.25. The average molecular weight is 1100 g/mol. The molecule has 6 heterocycles. The number of nitrogens with two attached hydrogens (primary N) is 4. The second kappa shape index (κ2) is 23.7. The van der Waals surface area contributed by atoms with Gasteiger partial charge in [-0.15, -0.1) is 0 Å². The molecule has 18 nitrogen and oxygen atoms in total. The molecule has 73 heavy (non-hydrogen) atoms. The minimum atomic E-state index is -4.61. The molecule has 8 rings (SSSR count). The Bertz CT molecular complexity index is 2640. The molecular formula is C44H49Cl3F8N14O4. The lowest BCUT2D eigenvalue weighted by atomic mass is 9.87. The molecule has 2 aromatic heterocycles. The molecule has 4 saturated heterocycles. The maximum atomic E-state index is 14.6. The van der Waals surface area contributed by atoms with E-state index in [1.54, 1.807) is 9.80 Å². The van der Waals surface area contributed by atoms with Crippen molar-refractivity contribution in [2.45, 2.75) is 75.0 Å². The first-order valence-electron chi connectivity index (χ1n) is 22.4. The molecule has 396 valence electrons. The number of nitrogen functional groups attached to an aromatic ring is 2. The van der Waals surface area contributed by atoms with Gasteiger partial charge in [-0.3, -0.25) is 19.2 Å². The van der Waals surface area contributed by atoms with Gasteiger partial charge in [-0.1, -0.05) is 34.8 Å². The number of carbonyl (C=O) groups excluding carboxylic acids is 4. The smallest absolute Gasteiger partial charge is 0.381 e. The third kappa shape index (κ3) is 14.1. The summed E-state index contributed by atoms with van der Waals surface area (Å²) in [6.07, 6.45) is -4.11. The number of likely N-dealkylation sites (tertiary alicyclic amines) is 2. The molecule has 4 fully saturated rings. The van der Waals surface area contributed by atoms with E-state index in [9.17, 15) is 54.3 Å². The molecule has 0 spiro atoms. The maximum Gasteiger partial charge on any atom is 0.416 e. The van der Waals surface area contributed by atoms with E-state index in [1.165, 1.54) is 17.0 Å². The van der Waals surface area contributed by atoms with Crippen molar-refractivity contribution in [3.8, 4) is 0 Å². The van der Waals surface area contributed by atoms with Crippen LogP contribution < -0.4 is 43.8 Å². The highest BCUT2D eigenvalue weighted by Crippen LogP contribution is 2.37. The van der Waals surface area contributed by atoms with Crippen LogP contribution in [-0.4, -0.2) is 117 Å². The number of halogens is 11. The highest BCUT2D eigenvalue weighted by atomic mass is 35.5. The molecular weight excluding hydrogens is 1050 g/mol. The Labute approximate surface area is 426 Å². The Morgan fingerprint density at radius 3 is 1.60 bits per heavy atom. The van der Waals surface area contributed by atoms with Crippen LogP contribution in [0.15, 0.2) is 49.1 Å². The van der Waals surface area contributed by atoms with Crippen LogP contribution in [0.3, 0.4) is 0 Å². The van der Waals surface area contributed by atoms with Gasteiger partial charge < -0.3 is 53.6 Å². The van der Waals surface area contributed by atoms with Crippen LogP contribution in [0.25, 0.3) is 0 Å². The van der Waals surface area contributed by atoms with Gasteiger partial charge in [0.25, 0.3) is 0 Å². The number of primary amides is 2. The molecule has 4 aliphatic rings. The standard InChI is InChI=1S/C22H24ClF4N7O2.C18H22ClF3N4O2.C4H3ClFN3/c23-12-6-11(22(25,26)27)7-13(8-12)32-15-2-1-4-34(21(15)36)16-9-33(5-3-14(16)19(29)35)20-17(24)18(28)30-10-31-20;19-11-6-10(18(20,21)22)7-12(8-11)25-14-2-1-5-26(17(14)28)15-9-24-4-3-13(15)16(23)27;5-3-2(6)4(7)9-1-8-3/h6-8,10,14-16,32H,1-5,9H2,(H2,29,35)(H2,28,30,31);6-8,13-15,24-25H,1-5,9H2,(H2,23,27);1H,(H2,7,8,9)/t14-,15?,16-;13-,14?,15-;/m00./s1. The monoisotopic (exact) mass is 1090 g/mol. The van der Waals surface area contributed by atoms with Crippen LogP contribution in [0.1, 0.15) is 49.7 Å². The molecule has 0 saturated carbocycles. The Morgan fingerprint density at radius 2 is 1.12 bits per heavy atom. The van der Waals surface area contributed by atoms with Crippen molar-refractivity contribution < 1.29 is 54.3 Å². The van der Waals surface area contributed by atoms with Gasteiger partial charge in [0.2, 0.25) is 35.3 Å². The van der Waals surface area contributed by atoms with Crippen molar-refractivity contribution in [1.82, 2.24) is 35.1 Å². The number of carbonyl (C=O) groups is 4. The van der Waals surface area contributed by atoms with E-state index in [1.807, 2.05) is 0 Å². The normalized spacial score (nSPS) is 22.6. The van der Waals surface area contributed by atoms with E-state index >= 15 is 0 Å². The topological polar surface area (TPSA) is 270 Å². The van der Waals surface area contributed by atoms with Crippen LogP contribution in [0, 0.1) is 23.5 Å². The Morgan fingerprint density at radius 1 is 0.644 bits per heavy atom. The number of anilines is 5. The summed E-state index contributed by atoms with van der Waals surface area (Å²) in [5.74, 6) is -5.01. The van der Waals surface area contributed by atoms with Crippen molar-refractivity contribution in [2.75, 3.05) is 66.3 Å². The first-order valence-corrected chi connectivity index (χ1v) is 23.6. The summed E-state index contributed by atoms with van der Waals surface area (Å²) in [7, 11) is 0. The second-order valence-corrected chi connectivity index (χ2v) is 18.6. The quantitative estimate of drug-likeness (QED) is 0.0780. The van der Waals surface area contributed by atoms with Crippen LogP contribution >= 0.6 is 34.8 Å². The molecule has 0 radical (unpaired) electrons. The maximum absolute atomic E-state index is 14.6. The highest BCUT2D eigenvalue weighted by Gasteiger charge is 2.44. The number of rotatable bonds is 9. The zero-order chi connectivity index (χ0) is 53.5. The van der Waals surface area contributed by atoms with Gasteiger partial charge in [0.15, 0.2) is 22.6 Å². The van der Waals surface area contributed by atoms with E-state index in [-0.39, 0.29) is 75.5 Å². The summed E-state index contributed by atoms with van der Waals surface area (Å²) in [5.41, 5.74) is 20.1. The van der Waals surface area contributed by atoms with E-state index in [0.29, 0.717) is 58.3 Å². The van der Waals surface area contributed by atoms with Gasteiger partial charge in [-0.2, -0.15) is 35.1 Å². The fourth-order valence-electron chi connectivity index (χ4n) is 9.03. The van der Waals surface area contributed by atoms with Crippen molar-refractivity contribution in [3.05, 3.63) is 87.0 Å². The van der Waals surface area contributed by atoms with Crippen LogP contribution in [0.5, 0.6) is 0 Å². The summed E-state index contributed by atoms with van der Waals surface area (Å²) in [6.45, 7) is 2.21. The van der Waals surface area contributed by atoms with Gasteiger partial charge in [0.1, 0.15) is 24.7 Å². The third-order valence-corrected chi connectivity index (χ3v) is 13.2. The van der Waals surface area contributed by atoms with Gasteiger partial charge in [-0.05, 0) is 81.5 Å². The first-order chi connectivity index (χ1) is 34.3.